The smallest absolute Gasteiger partial charge is 0.105 e. The lowest BCUT2D eigenvalue weighted by molar-refractivity contribution is 0.156. The molecule has 1 fully saturated rings. The number of nitrogens with zero attached hydrogens (tertiary/aromatic N) is 3. The molecule has 2 heterocycles. The lowest BCUT2D eigenvalue weighted by Gasteiger charge is -2.34. The van der Waals surface area contributed by atoms with Crippen LogP contribution in [0, 0.1) is 6.92 Å². The number of hydrogen-bond donors (Lipinski definition) is 1. The Morgan fingerprint density at radius 1 is 1.39 bits per heavy atom. The Kier molecular flexibility index (Phi) is 5.20. The molecule has 0 aliphatic carbocycles. The molecule has 1 aliphatic rings. The second kappa shape index (κ2) is 6.90. The Bertz CT molecular complexity index is 341. The van der Waals surface area contributed by atoms with Crippen molar-refractivity contribution in [1.29, 1.82) is 0 Å². The molecule has 4 nitrogen and oxygen atoms in total. The van der Waals surface area contributed by atoms with E-state index in [0.717, 1.165) is 25.0 Å². The fraction of sp³-hybridized carbons (Fsp3) is 0.786. The summed E-state index contributed by atoms with van der Waals surface area (Å²) >= 11 is 0. The molecule has 102 valence electrons. The molecule has 4 heteroatoms. The third-order valence-corrected chi connectivity index (χ3v) is 3.89. The van der Waals surface area contributed by atoms with E-state index in [0.29, 0.717) is 0 Å². The van der Waals surface area contributed by atoms with Crippen LogP contribution in [-0.4, -0.2) is 46.7 Å². The Morgan fingerprint density at radius 2 is 2.17 bits per heavy atom. The minimum atomic E-state index is 0.773. The Hall–Kier alpha value is -0.870. The van der Waals surface area contributed by atoms with Gasteiger partial charge in [0.15, 0.2) is 0 Å². The van der Waals surface area contributed by atoms with Gasteiger partial charge in [-0.1, -0.05) is 6.92 Å². The first-order chi connectivity index (χ1) is 8.81. The summed E-state index contributed by atoms with van der Waals surface area (Å²) in [5, 5.41) is 3.45. The Balaban J connectivity index is 1.87. The molecule has 0 bridgehead atoms. The van der Waals surface area contributed by atoms with Crippen molar-refractivity contribution in [2.75, 3.05) is 26.2 Å². The topological polar surface area (TPSA) is 33.1 Å². The summed E-state index contributed by atoms with van der Waals surface area (Å²) in [5.74, 6) is 1.12. The first kappa shape index (κ1) is 13.6. The number of aryl methyl sites for hydroxylation is 1. The molecule has 0 atom stereocenters. The number of nitrogens with one attached hydrogen (secondary N) is 1. The molecule has 1 aromatic heterocycles. The summed E-state index contributed by atoms with van der Waals surface area (Å²) < 4.78 is 2.25. The van der Waals surface area contributed by atoms with Crippen LogP contribution in [0.3, 0.4) is 0 Å². The van der Waals surface area contributed by atoms with Gasteiger partial charge in [-0.3, -0.25) is 4.90 Å². The van der Waals surface area contributed by atoms with Gasteiger partial charge < -0.3 is 9.88 Å². The molecule has 0 unspecified atom stereocenters. The molecule has 1 saturated heterocycles. The molecule has 1 N–H and O–H groups in total. The Labute approximate surface area is 110 Å². The highest BCUT2D eigenvalue weighted by molar-refractivity contribution is 4.89. The summed E-state index contributed by atoms with van der Waals surface area (Å²) in [7, 11) is 0. The zero-order chi connectivity index (χ0) is 12.8. The van der Waals surface area contributed by atoms with Crippen molar-refractivity contribution >= 4 is 0 Å². The summed E-state index contributed by atoms with van der Waals surface area (Å²) in [6.45, 7) is 10.1. The second-order valence-corrected chi connectivity index (χ2v) is 5.18. The van der Waals surface area contributed by atoms with Gasteiger partial charge >= 0.3 is 0 Å². The summed E-state index contributed by atoms with van der Waals surface area (Å²) in [5.41, 5.74) is 0. The van der Waals surface area contributed by atoms with E-state index in [1.165, 1.54) is 38.9 Å². The molecule has 0 aromatic carbocycles. The highest BCUT2D eigenvalue weighted by Crippen LogP contribution is 2.12. The quantitative estimate of drug-likeness (QED) is 0.833. The maximum atomic E-state index is 4.29. The van der Waals surface area contributed by atoms with E-state index in [4.69, 9.17) is 0 Å². The summed E-state index contributed by atoms with van der Waals surface area (Å²) in [6.07, 6.45) is 7.81. The molecule has 0 amide bonds. The van der Waals surface area contributed by atoms with Gasteiger partial charge in [-0.05, 0) is 45.8 Å². The van der Waals surface area contributed by atoms with E-state index in [1.807, 2.05) is 6.20 Å². The van der Waals surface area contributed by atoms with Crippen LogP contribution >= 0.6 is 0 Å². The molecule has 2 rings (SSSR count). The number of hydrogen-bond acceptors (Lipinski definition) is 3. The molecular formula is C14H26N4. The largest absolute Gasteiger partial charge is 0.334 e. The molecule has 0 spiro atoms. The minimum absolute atomic E-state index is 0.773. The van der Waals surface area contributed by atoms with Crippen molar-refractivity contribution in [3.63, 3.8) is 0 Å². The van der Waals surface area contributed by atoms with Gasteiger partial charge in [-0.2, -0.15) is 0 Å². The van der Waals surface area contributed by atoms with Crippen molar-refractivity contribution in [2.45, 2.75) is 45.7 Å². The normalized spacial score (nSPS) is 17.5. The van der Waals surface area contributed by atoms with Crippen LogP contribution in [0.5, 0.6) is 0 Å². The predicted octanol–water partition coefficient (Wildman–Crippen LogP) is 1.66. The van der Waals surface area contributed by atoms with Crippen LogP contribution in [0.2, 0.25) is 0 Å². The van der Waals surface area contributed by atoms with Gasteiger partial charge in [-0.25, -0.2) is 4.98 Å². The predicted molar refractivity (Wildman–Crippen MR) is 74.7 cm³/mol. The van der Waals surface area contributed by atoms with Gasteiger partial charge in [0.1, 0.15) is 5.82 Å². The highest BCUT2D eigenvalue weighted by Gasteiger charge is 2.19. The van der Waals surface area contributed by atoms with E-state index in [-0.39, 0.29) is 0 Å². The highest BCUT2D eigenvalue weighted by atomic mass is 15.2. The zero-order valence-corrected chi connectivity index (χ0v) is 11.7. The average molecular weight is 250 g/mol. The standard InChI is InChI=1S/C14H26N4/c1-3-9-18(14-4-6-15-7-5-14)12-11-17-10-8-16-13(17)2/h8,10,14-15H,3-7,9,11-12H2,1-2H3. The number of aromatic nitrogens is 2. The first-order valence-electron chi connectivity index (χ1n) is 7.23. The maximum Gasteiger partial charge on any atom is 0.105 e. The first-order valence-corrected chi connectivity index (χ1v) is 7.23. The van der Waals surface area contributed by atoms with Crippen LogP contribution in [0.1, 0.15) is 32.0 Å². The number of rotatable bonds is 6. The number of piperidine rings is 1. The molecule has 1 aliphatic heterocycles. The third-order valence-electron chi connectivity index (χ3n) is 3.89. The van der Waals surface area contributed by atoms with Crippen molar-refractivity contribution in [3.05, 3.63) is 18.2 Å². The molecule has 0 radical (unpaired) electrons. The van der Waals surface area contributed by atoms with Gasteiger partial charge in [0.05, 0.1) is 0 Å². The molecule has 18 heavy (non-hydrogen) atoms. The van der Waals surface area contributed by atoms with Gasteiger partial charge in [-0.15, -0.1) is 0 Å². The SMILES string of the molecule is CCCN(CCn1ccnc1C)C1CCNCC1. The van der Waals surface area contributed by atoms with E-state index in [1.54, 1.807) is 0 Å². The minimum Gasteiger partial charge on any atom is -0.334 e. The van der Waals surface area contributed by atoms with Crippen LogP contribution in [0.4, 0.5) is 0 Å². The van der Waals surface area contributed by atoms with E-state index < -0.39 is 0 Å². The van der Waals surface area contributed by atoms with Crippen molar-refractivity contribution < 1.29 is 0 Å². The molecule has 1 aromatic rings. The monoisotopic (exact) mass is 250 g/mol. The van der Waals surface area contributed by atoms with E-state index in [2.05, 4.69) is 39.8 Å². The van der Waals surface area contributed by atoms with Gasteiger partial charge in [0.25, 0.3) is 0 Å². The average Bonchev–Trinajstić information content (AvgIpc) is 2.81. The Morgan fingerprint density at radius 3 is 2.78 bits per heavy atom. The zero-order valence-electron chi connectivity index (χ0n) is 11.7. The lowest BCUT2D eigenvalue weighted by Crippen LogP contribution is -2.44. The summed E-state index contributed by atoms with van der Waals surface area (Å²) in [6, 6.07) is 0.773. The second-order valence-electron chi connectivity index (χ2n) is 5.18. The van der Waals surface area contributed by atoms with Crippen LogP contribution in [0.25, 0.3) is 0 Å². The third kappa shape index (κ3) is 3.56. The fourth-order valence-corrected chi connectivity index (χ4v) is 2.81. The van der Waals surface area contributed by atoms with Crippen LogP contribution in [-0.2, 0) is 6.54 Å². The maximum absolute atomic E-state index is 4.29. The van der Waals surface area contributed by atoms with Gasteiger partial charge in [0, 0.05) is 31.5 Å². The van der Waals surface area contributed by atoms with Gasteiger partial charge in [0.2, 0.25) is 0 Å². The van der Waals surface area contributed by atoms with Crippen molar-refractivity contribution in [2.24, 2.45) is 0 Å². The van der Waals surface area contributed by atoms with Crippen molar-refractivity contribution in [1.82, 2.24) is 19.8 Å². The molecule has 0 saturated carbocycles. The lowest BCUT2D eigenvalue weighted by atomic mass is 10.0. The molecular weight excluding hydrogens is 224 g/mol. The number of imidazole rings is 1. The van der Waals surface area contributed by atoms with E-state index >= 15 is 0 Å². The summed E-state index contributed by atoms with van der Waals surface area (Å²) in [4.78, 5) is 6.95. The van der Waals surface area contributed by atoms with Crippen molar-refractivity contribution in [3.8, 4) is 0 Å². The van der Waals surface area contributed by atoms with Crippen LogP contribution < -0.4 is 5.32 Å². The fourth-order valence-electron chi connectivity index (χ4n) is 2.81. The van der Waals surface area contributed by atoms with E-state index in [9.17, 15) is 0 Å². The van der Waals surface area contributed by atoms with Crippen LogP contribution in [0.15, 0.2) is 12.4 Å².